The molecule has 0 bridgehead atoms. The van der Waals surface area contributed by atoms with Crippen LogP contribution < -0.4 is 10.6 Å². The van der Waals surface area contributed by atoms with Crippen LogP contribution >= 0.6 is 0 Å². The third-order valence-electron chi connectivity index (χ3n) is 2.98. The number of halogens is 1. The number of aliphatic hydroxyl groups excluding tert-OH is 1. The molecule has 5 nitrogen and oxygen atoms in total. The van der Waals surface area contributed by atoms with Crippen molar-refractivity contribution >= 4 is 11.8 Å². The Hall–Kier alpha value is -1.95. The Morgan fingerprint density at radius 2 is 1.86 bits per heavy atom. The molecule has 0 radical (unpaired) electrons. The quantitative estimate of drug-likeness (QED) is 0.659. The van der Waals surface area contributed by atoms with Crippen LogP contribution in [0.3, 0.4) is 0 Å². The van der Waals surface area contributed by atoms with Gasteiger partial charge in [-0.05, 0) is 36.6 Å². The van der Waals surface area contributed by atoms with Crippen molar-refractivity contribution in [2.45, 2.75) is 26.3 Å². The molecule has 1 aromatic rings. The maximum absolute atomic E-state index is 12.8. The summed E-state index contributed by atoms with van der Waals surface area (Å²) < 4.78 is 12.8. The van der Waals surface area contributed by atoms with Gasteiger partial charge in [0, 0.05) is 18.7 Å². The van der Waals surface area contributed by atoms with E-state index in [1.165, 1.54) is 24.3 Å². The van der Waals surface area contributed by atoms with Gasteiger partial charge in [0.1, 0.15) is 11.9 Å². The molecule has 1 unspecified atom stereocenters. The number of hydrogen-bond acceptors (Lipinski definition) is 3. The third kappa shape index (κ3) is 5.51. The van der Waals surface area contributed by atoms with E-state index in [9.17, 15) is 14.0 Å². The highest BCUT2D eigenvalue weighted by molar-refractivity contribution is 5.97. The molecule has 6 heteroatoms. The van der Waals surface area contributed by atoms with Crippen LogP contribution in [0.4, 0.5) is 4.39 Å². The minimum Gasteiger partial charge on any atom is -0.396 e. The zero-order valence-electron chi connectivity index (χ0n) is 12.2. The second kappa shape index (κ2) is 8.36. The summed E-state index contributed by atoms with van der Waals surface area (Å²) in [6.45, 7) is 3.99. The zero-order valence-corrected chi connectivity index (χ0v) is 12.2. The Labute approximate surface area is 123 Å². The van der Waals surface area contributed by atoms with Crippen molar-refractivity contribution in [1.82, 2.24) is 10.6 Å². The Balaban J connectivity index is 2.67. The monoisotopic (exact) mass is 296 g/mol. The minimum absolute atomic E-state index is 0.00539. The Morgan fingerprint density at radius 3 is 2.38 bits per heavy atom. The van der Waals surface area contributed by atoms with Crippen molar-refractivity contribution in [2.75, 3.05) is 13.2 Å². The molecule has 0 saturated carbocycles. The van der Waals surface area contributed by atoms with Crippen LogP contribution in [0, 0.1) is 11.7 Å². The van der Waals surface area contributed by atoms with Crippen LogP contribution in [-0.2, 0) is 4.79 Å². The van der Waals surface area contributed by atoms with Gasteiger partial charge in [0.2, 0.25) is 5.91 Å². The molecule has 1 aromatic carbocycles. The summed E-state index contributed by atoms with van der Waals surface area (Å²) in [6.07, 6.45) is 0.461. The molecule has 2 amide bonds. The summed E-state index contributed by atoms with van der Waals surface area (Å²) in [5.41, 5.74) is 0.296. The molecule has 0 fully saturated rings. The molecule has 0 aliphatic heterocycles. The average molecular weight is 296 g/mol. The molecule has 0 saturated heterocycles. The molecule has 0 aliphatic carbocycles. The summed E-state index contributed by atoms with van der Waals surface area (Å²) in [6, 6.07) is 4.44. The fourth-order valence-electron chi connectivity index (χ4n) is 1.76. The van der Waals surface area contributed by atoms with E-state index in [2.05, 4.69) is 10.6 Å². The van der Waals surface area contributed by atoms with Gasteiger partial charge in [-0.2, -0.15) is 0 Å². The van der Waals surface area contributed by atoms with Gasteiger partial charge in [-0.25, -0.2) is 4.39 Å². The number of hydrogen-bond donors (Lipinski definition) is 3. The van der Waals surface area contributed by atoms with E-state index >= 15 is 0 Å². The number of benzene rings is 1. The highest BCUT2D eigenvalue weighted by Crippen LogP contribution is 2.06. The minimum atomic E-state index is -0.679. The molecule has 21 heavy (non-hydrogen) atoms. The van der Waals surface area contributed by atoms with Crippen molar-refractivity contribution in [3.05, 3.63) is 35.6 Å². The van der Waals surface area contributed by atoms with Crippen LogP contribution in [0.2, 0.25) is 0 Å². The van der Waals surface area contributed by atoms with Gasteiger partial charge in [-0.3, -0.25) is 9.59 Å². The van der Waals surface area contributed by atoms with Gasteiger partial charge in [0.05, 0.1) is 0 Å². The van der Waals surface area contributed by atoms with Gasteiger partial charge in [-0.15, -0.1) is 0 Å². The van der Waals surface area contributed by atoms with Crippen LogP contribution in [0.5, 0.6) is 0 Å². The van der Waals surface area contributed by atoms with E-state index < -0.39 is 17.8 Å². The van der Waals surface area contributed by atoms with Crippen LogP contribution in [0.1, 0.15) is 30.6 Å². The highest BCUT2D eigenvalue weighted by Gasteiger charge is 2.24. The Morgan fingerprint density at radius 1 is 1.24 bits per heavy atom. The maximum atomic E-state index is 12.8. The van der Waals surface area contributed by atoms with Crippen LogP contribution in [-0.4, -0.2) is 36.1 Å². The van der Waals surface area contributed by atoms with E-state index in [0.717, 1.165) is 0 Å². The normalized spacial score (nSPS) is 12.0. The number of rotatable bonds is 7. The van der Waals surface area contributed by atoms with Gasteiger partial charge in [0.15, 0.2) is 0 Å². The van der Waals surface area contributed by atoms with Crippen molar-refractivity contribution in [1.29, 1.82) is 0 Å². The van der Waals surface area contributed by atoms with Crippen molar-refractivity contribution in [2.24, 2.45) is 5.92 Å². The van der Waals surface area contributed by atoms with E-state index in [1.54, 1.807) is 0 Å². The number of nitrogens with one attached hydrogen (secondary N) is 2. The largest absolute Gasteiger partial charge is 0.396 e. The zero-order chi connectivity index (χ0) is 15.8. The van der Waals surface area contributed by atoms with Crippen LogP contribution in [0.25, 0.3) is 0 Å². The smallest absolute Gasteiger partial charge is 0.251 e. The molecule has 116 valence electrons. The molecular formula is C15H21FN2O3. The number of amides is 2. The fourth-order valence-corrected chi connectivity index (χ4v) is 1.76. The van der Waals surface area contributed by atoms with E-state index in [-0.39, 0.29) is 18.4 Å². The second-order valence-electron chi connectivity index (χ2n) is 5.07. The summed E-state index contributed by atoms with van der Waals surface area (Å²) in [5.74, 6) is -1.24. The Bertz CT molecular complexity index is 474. The van der Waals surface area contributed by atoms with Crippen molar-refractivity contribution in [3.63, 3.8) is 0 Å². The average Bonchev–Trinajstić information content (AvgIpc) is 2.45. The molecule has 1 atom stereocenters. The third-order valence-corrected chi connectivity index (χ3v) is 2.98. The van der Waals surface area contributed by atoms with E-state index in [4.69, 9.17) is 5.11 Å². The van der Waals surface area contributed by atoms with Crippen molar-refractivity contribution in [3.8, 4) is 0 Å². The first kappa shape index (κ1) is 17.1. The van der Waals surface area contributed by atoms with Crippen molar-refractivity contribution < 1.29 is 19.1 Å². The molecule has 0 aliphatic rings. The SMILES string of the molecule is CC(C)C(NC(=O)c1ccc(F)cc1)C(=O)NCCCO. The maximum Gasteiger partial charge on any atom is 0.251 e. The lowest BCUT2D eigenvalue weighted by atomic mass is 10.0. The van der Waals surface area contributed by atoms with Gasteiger partial charge >= 0.3 is 0 Å². The summed E-state index contributed by atoms with van der Waals surface area (Å²) >= 11 is 0. The molecular weight excluding hydrogens is 275 g/mol. The second-order valence-corrected chi connectivity index (χ2v) is 5.07. The van der Waals surface area contributed by atoms with E-state index in [0.29, 0.717) is 18.5 Å². The lowest BCUT2D eigenvalue weighted by molar-refractivity contribution is -0.123. The summed E-state index contributed by atoms with van der Waals surface area (Å²) in [5, 5.41) is 14.0. The lowest BCUT2D eigenvalue weighted by Crippen LogP contribution is -2.49. The van der Waals surface area contributed by atoms with Gasteiger partial charge < -0.3 is 15.7 Å². The Kier molecular flexibility index (Phi) is 6.81. The highest BCUT2D eigenvalue weighted by atomic mass is 19.1. The summed E-state index contributed by atoms with van der Waals surface area (Å²) in [4.78, 5) is 24.1. The predicted molar refractivity (Wildman–Crippen MR) is 77.2 cm³/mol. The first-order valence-corrected chi connectivity index (χ1v) is 6.90. The molecule has 0 spiro atoms. The van der Waals surface area contributed by atoms with Crippen LogP contribution in [0.15, 0.2) is 24.3 Å². The number of carbonyl (C=O) groups excluding carboxylic acids is 2. The van der Waals surface area contributed by atoms with E-state index in [1.807, 2.05) is 13.8 Å². The summed E-state index contributed by atoms with van der Waals surface area (Å²) in [7, 11) is 0. The molecule has 3 N–H and O–H groups in total. The first-order chi connectivity index (χ1) is 9.95. The van der Waals surface area contributed by atoms with Gasteiger partial charge in [-0.1, -0.05) is 13.8 Å². The number of aliphatic hydroxyl groups is 1. The first-order valence-electron chi connectivity index (χ1n) is 6.90. The topological polar surface area (TPSA) is 78.4 Å². The molecule has 1 rings (SSSR count). The number of carbonyl (C=O) groups is 2. The molecule has 0 heterocycles. The molecule has 0 aromatic heterocycles. The van der Waals surface area contributed by atoms with Gasteiger partial charge in [0.25, 0.3) is 5.91 Å². The lowest BCUT2D eigenvalue weighted by Gasteiger charge is -2.21. The predicted octanol–water partition coefficient (Wildman–Crippen LogP) is 1.08. The standard InChI is InChI=1S/C15H21FN2O3/c1-10(2)13(15(21)17-8-3-9-19)18-14(20)11-4-6-12(16)7-5-11/h4-7,10,13,19H,3,8-9H2,1-2H3,(H,17,21)(H,18,20). The fraction of sp³-hybridized carbons (Fsp3) is 0.467.